The number of fused-ring (bicyclic) bond motifs is 1. The van der Waals surface area contributed by atoms with E-state index in [-0.39, 0.29) is 18.0 Å². The van der Waals surface area contributed by atoms with E-state index in [0.29, 0.717) is 41.4 Å². The van der Waals surface area contributed by atoms with Gasteiger partial charge in [-0.05, 0) is 19.9 Å². The minimum atomic E-state index is -1.01. The summed E-state index contributed by atoms with van der Waals surface area (Å²) in [5.74, 6) is -2.55. The highest BCUT2D eigenvalue weighted by Gasteiger charge is 2.32. The lowest BCUT2D eigenvalue weighted by Gasteiger charge is -2.24. The highest BCUT2D eigenvalue weighted by atomic mass is 19.1. The fourth-order valence-corrected chi connectivity index (χ4v) is 3.16. The van der Waals surface area contributed by atoms with E-state index >= 15 is 0 Å². The zero-order valence-electron chi connectivity index (χ0n) is 15.9. The van der Waals surface area contributed by atoms with Gasteiger partial charge in [-0.2, -0.15) is 10.2 Å². The third-order valence-corrected chi connectivity index (χ3v) is 4.37. The molecule has 0 aromatic carbocycles. The molecule has 2 aromatic heterocycles. The number of rotatable bonds is 6. The second-order valence-corrected chi connectivity index (χ2v) is 6.60. The summed E-state index contributed by atoms with van der Waals surface area (Å²) >= 11 is 0. The number of hydrogen-bond acceptors (Lipinski definition) is 4. The van der Waals surface area contributed by atoms with E-state index in [2.05, 4.69) is 21.9 Å². The number of carbonyl (C=O) groups is 2. The number of carbonyl (C=O) groups excluding carboxylic acids is 1. The van der Waals surface area contributed by atoms with Gasteiger partial charge in [0.2, 0.25) is 0 Å². The highest BCUT2D eigenvalue weighted by molar-refractivity contribution is 6.08. The van der Waals surface area contributed by atoms with Crippen molar-refractivity contribution in [2.24, 2.45) is 0 Å². The lowest BCUT2D eigenvalue weighted by molar-refractivity contribution is -0.136. The van der Waals surface area contributed by atoms with Gasteiger partial charge in [-0.25, -0.2) is 13.5 Å². The van der Waals surface area contributed by atoms with Crippen LogP contribution in [0.4, 0.5) is 14.6 Å². The van der Waals surface area contributed by atoms with Gasteiger partial charge in [0.1, 0.15) is 5.83 Å². The predicted molar refractivity (Wildman–Crippen MR) is 102 cm³/mol. The van der Waals surface area contributed by atoms with Gasteiger partial charge in [-0.1, -0.05) is 6.58 Å². The molecule has 0 saturated heterocycles. The lowest BCUT2D eigenvalue weighted by atomic mass is 10.0. The third kappa shape index (κ3) is 4.15. The molecule has 29 heavy (non-hydrogen) atoms. The Morgan fingerprint density at radius 1 is 1.41 bits per heavy atom. The molecule has 0 spiro atoms. The second-order valence-electron chi connectivity index (χ2n) is 6.60. The first-order valence-corrected chi connectivity index (χ1v) is 8.74. The highest BCUT2D eigenvalue weighted by Crippen LogP contribution is 2.27. The average molecular weight is 403 g/mol. The number of carboxylic acids is 1. The summed E-state index contributed by atoms with van der Waals surface area (Å²) in [6.45, 7) is 6.83. The largest absolute Gasteiger partial charge is 0.481 e. The molecule has 3 heterocycles. The van der Waals surface area contributed by atoms with E-state index < -0.39 is 17.6 Å². The third-order valence-electron chi connectivity index (χ3n) is 4.37. The Balaban J connectivity index is 1.89. The second kappa shape index (κ2) is 7.82. The van der Waals surface area contributed by atoms with Gasteiger partial charge in [0.25, 0.3) is 5.91 Å². The molecule has 0 saturated carbocycles. The molecule has 0 bridgehead atoms. The van der Waals surface area contributed by atoms with Crippen LogP contribution in [-0.2, 0) is 17.6 Å². The monoisotopic (exact) mass is 403 g/mol. The van der Waals surface area contributed by atoms with E-state index in [9.17, 15) is 18.4 Å². The Bertz CT molecular complexity index is 1060. The summed E-state index contributed by atoms with van der Waals surface area (Å²) in [6, 6.07) is 1.51. The predicted octanol–water partition coefficient (Wildman–Crippen LogP) is 2.94. The number of allylic oxidation sites excluding steroid dienone is 5. The van der Waals surface area contributed by atoms with Crippen LogP contribution in [0.2, 0.25) is 0 Å². The topological polar surface area (TPSA) is 104 Å². The maximum atomic E-state index is 13.8. The fourth-order valence-electron chi connectivity index (χ4n) is 3.16. The van der Waals surface area contributed by atoms with Gasteiger partial charge < -0.3 is 5.11 Å². The maximum Gasteiger partial charge on any atom is 0.309 e. The molecule has 0 aliphatic carbocycles. The van der Waals surface area contributed by atoms with E-state index in [0.717, 1.165) is 19.1 Å². The molecule has 3 rings (SSSR count). The van der Waals surface area contributed by atoms with Crippen molar-refractivity contribution in [2.45, 2.75) is 26.7 Å². The van der Waals surface area contributed by atoms with E-state index in [1.54, 1.807) is 6.92 Å². The smallest absolute Gasteiger partial charge is 0.309 e. The number of aromatic amines is 1. The number of hydrogen-bond donors (Lipinski definition) is 2. The zero-order valence-corrected chi connectivity index (χ0v) is 15.9. The van der Waals surface area contributed by atoms with Crippen molar-refractivity contribution in [1.82, 2.24) is 20.0 Å². The molecule has 2 aromatic rings. The van der Waals surface area contributed by atoms with Crippen molar-refractivity contribution in [3.63, 3.8) is 0 Å². The molecule has 2 N–H and O–H groups in total. The first-order valence-electron chi connectivity index (χ1n) is 8.74. The summed E-state index contributed by atoms with van der Waals surface area (Å²) in [6.07, 6.45) is 1.95. The summed E-state index contributed by atoms with van der Waals surface area (Å²) in [7, 11) is 0. The van der Waals surface area contributed by atoms with E-state index in [1.165, 1.54) is 15.6 Å². The average Bonchev–Trinajstić information content (AvgIpc) is 3.18. The van der Waals surface area contributed by atoms with Crippen LogP contribution in [0.15, 0.2) is 36.5 Å². The Morgan fingerprint density at radius 3 is 2.79 bits per heavy atom. The van der Waals surface area contributed by atoms with Crippen LogP contribution in [0.5, 0.6) is 0 Å². The van der Waals surface area contributed by atoms with Gasteiger partial charge in [0.05, 0.1) is 34.9 Å². The number of aromatic nitrogens is 4. The van der Waals surface area contributed by atoms with E-state index in [1.807, 2.05) is 0 Å². The molecule has 0 unspecified atom stereocenters. The number of carboxylic acid groups (broad SMARTS) is 1. The van der Waals surface area contributed by atoms with Crippen LogP contribution in [0.1, 0.15) is 34.4 Å². The number of aliphatic carboxylic acids is 1. The zero-order chi connectivity index (χ0) is 21.3. The van der Waals surface area contributed by atoms with Crippen molar-refractivity contribution in [1.29, 1.82) is 0 Å². The maximum absolute atomic E-state index is 13.8. The van der Waals surface area contributed by atoms with Crippen molar-refractivity contribution >= 4 is 23.4 Å². The minimum Gasteiger partial charge on any atom is -0.481 e. The van der Waals surface area contributed by atoms with Crippen LogP contribution < -0.4 is 4.90 Å². The normalized spacial score (nSPS) is 14.9. The standard InChI is InChI=1S/C19H19F2N5O3/c1-10(20)6-13(21)7-11(2)26-12(3)18-15(24-26)4-5-25(19(18)29)16-8-14(22-23-16)9-17(27)28/h6-8H,2,4-5,9H2,1,3H3,(H,22,23)(H,27,28)/b10-6+,13-7+. The van der Waals surface area contributed by atoms with Gasteiger partial charge in [0.15, 0.2) is 5.82 Å². The number of nitrogens with zero attached hydrogens (tertiary/aromatic N) is 4. The first kappa shape index (κ1) is 20.2. The quantitative estimate of drug-likeness (QED) is 0.722. The van der Waals surface area contributed by atoms with Crippen LogP contribution in [0.25, 0.3) is 5.70 Å². The molecule has 0 radical (unpaired) electrons. The molecular weight excluding hydrogens is 384 g/mol. The van der Waals surface area contributed by atoms with Gasteiger partial charge in [0, 0.05) is 30.8 Å². The number of nitrogens with one attached hydrogen (secondary N) is 1. The number of H-pyrrole nitrogens is 1. The van der Waals surface area contributed by atoms with Gasteiger partial charge in [-0.15, -0.1) is 0 Å². The summed E-state index contributed by atoms with van der Waals surface area (Å²) in [5, 5.41) is 19.8. The summed E-state index contributed by atoms with van der Waals surface area (Å²) in [5.41, 5.74) is 1.88. The van der Waals surface area contributed by atoms with Crippen molar-refractivity contribution in [3.8, 4) is 0 Å². The Morgan fingerprint density at radius 2 is 2.14 bits per heavy atom. The Kier molecular flexibility index (Phi) is 5.44. The van der Waals surface area contributed by atoms with Gasteiger partial charge >= 0.3 is 5.97 Å². The van der Waals surface area contributed by atoms with Crippen molar-refractivity contribution < 1.29 is 23.5 Å². The summed E-state index contributed by atoms with van der Waals surface area (Å²) in [4.78, 5) is 25.3. The Labute approximate surface area is 164 Å². The van der Waals surface area contributed by atoms with Crippen LogP contribution >= 0.6 is 0 Å². The molecule has 0 atom stereocenters. The SMILES string of the molecule is C=C(/C=C(F)\C=C(/C)F)n1nc2c(c1C)C(=O)N(c1cc(CC(=O)O)[nH]n1)CC2. The fraction of sp³-hybridized carbons (Fsp3) is 0.263. The number of halogens is 2. The van der Waals surface area contributed by atoms with Crippen LogP contribution in [0, 0.1) is 6.92 Å². The molecule has 1 amide bonds. The Hall–Kier alpha value is -3.56. The molecule has 10 heteroatoms. The van der Waals surface area contributed by atoms with Gasteiger partial charge in [-0.3, -0.25) is 19.6 Å². The summed E-state index contributed by atoms with van der Waals surface area (Å²) < 4.78 is 27.9. The van der Waals surface area contributed by atoms with Crippen LogP contribution in [0.3, 0.4) is 0 Å². The van der Waals surface area contributed by atoms with Crippen molar-refractivity contribution in [3.05, 3.63) is 59.1 Å². The molecule has 152 valence electrons. The molecular formula is C19H19F2N5O3. The number of anilines is 1. The minimum absolute atomic E-state index is 0.148. The van der Waals surface area contributed by atoms with E-state index in [4.69, 9.17) is 5.11 Å². The molecule has 8 nitrogen and oxygen atoms in total. The molecule has 1 aliphatic rings. The van der Waals surface area contributed by atoms with Crippen molar-refractivity contribution in [2.75, 3.05) is 11.4 Å². The first-order chi connectivity index (χ1) is 13.7. The lowest BCUT2D eigenvalue weighted by Crippen LogP contribution is -2.38. The number of amides is 1. The molecule has 0 fully saturated rings. The molecule has 1 aliphatic heterocycles. The van der Waals surface area contributed by atoms with Crippen LogP contribution in [-0.4, -0.2) is 43.5 Å².